The van der Waals surface area contributed by atoms with Gasteiger partial charge < -0.3 is 14.9 Å². The van der Waals surface area contributed by atoms with Gasteiger partial charge in [-0.05, 0) is 17.7 Å². The van der Waals surface area contributed by atoms with E-state index in [0.717, 1.165) is 12.3 Å². The van der Waals surface area contributed by atoms with E-state index in [1.807, 2.05) is 0 Å². The van der Waals surface area contributed by atoms with Crippen LogP contribution in [0.4, 0.5) is 5.69 Å². The number of ether oxygens (including phenoxy) is 1. The Morgan fingerprint density at radius 2 is 2.00 bits per heavy atom. The van der Waals surface area contributed by atoms with Crippen molar-refractivity contribution < 1.29 is 24.7 Å². The average Bonchev–Trinajstić information content (AvgIpc) is 2.48. The lowest BCUT2D eigenvalue weighted by Gasteiger charge is -2.06. The molecular weight excluding hydrogens is 280 g/mol. The van der Waals surface area contributed by atoms with Gasteiger partial charge in [0.2, 0.25) is 0 Å². The van der Waals surface area contributed by atoms with E-state index < -0.39 is 16.6 Å². The van der Waals surface area contributed by atoms with E-state index in [1.165, 1.54) is 12.1 Å². The van der Waals surface area contributed by atoms with Crippen LogP contribution in [0.25, 0.3) is 0 Å². The van der Waals surface area contributed by atoms with Crippen molar-refractivity contribution in [3.63, 3.8) is 0 Å². The van der Waals surface area contributed by atoms with Crippen molar-refractivity contribution in [2.75, 3.05) is 0 Å². The smallest absolute Gasteiger partial charge is 0.337 e. The number of carboxylic acids is 1. The number of aromatic carboxylic acids is 1. The summed E-state index contributed by atoms with van der Waals surface area (Å²) in [5, 5.41) is 28.7. The number of rotatable bonds is 5. The van der Waals surface area contributed by atoms with E-state index in [9.17, 15) is 14.9 Å². The Hall–Kier alpha value is -3.00. The first-order valence-corrected chi connectivity index (χ1v) is 5.76. The van der Waals surface area contributed by atoms with Gasteiger partial charge >= 0.3 is 11.7 Å². The van der Waals surface area contributed by atoms with Crippen molar-refractivity contribution in [1.29, 1.82) is 0 Å². The van der Waals surface area contributed by atoms with Crippen LogP contribution in [-0.2, 0) is 6.61 Å². The first-order chi connectivity index (χ1) is 10.0. The van der Waals surface area contributed by atoms with Gasteiger partial charge in [-0.2, -0.15) is 0 Å². The Bertz CT molecular complexity index is 684. The quantitative estimate of drug-likeness (QED) is 0.637. The molecular formula is C13H10N2O6. The third-order valence-electron chi connectivity index (χ3n) is 2.60. The van der Waals surface area contributed by atoms with Crippen molar-refractivity contribution >= 4 is 11.7 Å². The first-order valence-electron chi connectivity index (χ1n) is 5.76. The molecule has 8 heteroatoms. The van der Waals surface area contributed by atoms with Crippen molar-refractivity contribution in [1.82, 2.24) is 4.98 Å². The van der Waals surface area contributed by atoms with Gasteiger partial charge in [-0.15, -0.1) is 0 Å². The van der Waals surface area contributed by atoms with Gasteiger partial charge in [0.1, 0.15) is 5.75 Å². The summed E-state index contributed by atoms with van der Waals surface area (Å²) in [6.07, 6.45) is 0.979. The number of nitrogens with zero attached hydrogens (tertiary/aromatic N) is 2. The van der Waals surface area contributed by atoms with E-state index in [4.69, 9.17) is 14.9 Å². The highest BCUT2D eigenvalue weighted by Crippen LogP contribution is 2.29. The number of aromatic nitrogens is 1. The molecule has 108 valence electrons. The molecule has 2 N–H and O–H groups in total. The molecule has 0 radical (unpaired) electrons. The maximum atomic E-state index is 10.9. The molecule has 0 aliphatic carbocycles. The monoisotopic (exact) mass is 290 g/mol. The van der Waals surface area contributed by atoms with E-state index in [2.05, 4.69) is 4.98 Å². The van der Waals surface area contributed by atoms with Crippen molar-refractivity contribution in [3.05, 3.63) is 57.8 Å². The second-order valence-electron chi connectivity index (χ2n) is 4.01. The Labute approximate surface area is 118 Å². The van der Waals surface area contributed by atoms with Crippen LogP contribution in [0.5, 0.6) is 11.6 Å². The third-order valence-corrected chi connectivity index (χ3v) is 2.60. The largest absolute Gasteiger partial charge is 0.478 e. The predicted octanol–water partition coefficient (Wildman–Crippen LogP) is 1.97. The number of aliphatic hydroxyl groups excluding tert-OH is 1. The van der Waals surface area contributed by atoms with E-state index in [1.54, 1.807) is 12.1 Å². The molecule has 0 bridgehead atoms. The standard InChI is InChI=1S/C13H10N2O6/c16-7-8-1-3-10(4-2-8)21-12-11(15(19)20)5-9(6-14-12)13(17)18/h1-6,16H,7H2,(H,17,18). The number of hydrogen-bond acceptors (Lipinski definition) is 6. The lowest BCUT2D eigenvalue weighted by Crippen LogP contribution is -2.02. The van der Waals surface area contributed by atoms with Gasteiger partial charge in [-0.25, -0.2) is 9.78 Å². The minimum Gasteiger partial charge on any atom is -0.478 e. The minimum atomic E-state index is -1.32. The van der Waals surface area contributed by atoms with Crippen LogP contribution in [0, 0.1) is 10.1 Å². The number of carbonyl (C=O) groups is 1. The molecule has 0 aliphatic heterocycles. The highest BCUT2D eigenvalue weighted by molar-refractivity contribution is 5.88. The molecule has 21 heavy (non-hydrogen) atoms. The molecule has 1 aromatic heterocycles. The zero-order valence-electron chi connectivity index (χ0n) is 10.6. The lowest BCUT2D eigenvalue weighted by atomic mass is 10.2. The highest BCUT2D eigenvalue weighted by atomic mass is 16.6. The maximum absolute atomic E-state index is 10.9. The Kier molecular flexibility index (Phi) is 4.10. The molecule has 0 amide bonds. The zero-order chi connectivity index (χ0) is 15.4. The van der Waals surface area contributed by atoms with Gasteiger partial charge in [0, 0.05) is 12.3 Å². The van der Waals surface area contributed by atoms with Gasteiger partial charge in [0.25, 0.3) is 5.88 Å². The molecule has 0 unspecified atom stereocenters. The molecule has 8 nitrogen and oxygen atoms in total. The Morgan fingerprint density at radius 3 is 2.52 bits per heavy atom. The van der Waals surface area contributed by atoms with Crippen molar-refractivity contribution in [2.45, 2.75) is 6.61 Å². The van der Waals surface area contributed by atoms with Crippen LogP contribution in [0.15, 0.2) is 36.5 Å². The minimum absolute atomic E-state index is 0.133. The number of carboxylic acid groups (broad SMARTS) is 1. The van der Waals surface area contributed by atoms with Crippen LogP contribution >= 0.6 is 0 Å². The second-order valence-corrected chi connectivity index (χ2v) is 4.01. The molecule has 2 rings (SSSR count). The number of hydrogen-bond donors (Lipinski definition) is 2. The van der Waals surface area contributed by atoms with E-state index in [-0.39, 0.29) is 23.8 Å². The summed E-state index contributed by atoms with van der Waals surface area (Å²) in [6.45, 7) is -0.133. The highest BCUT2D eigenvalue weighted by Gasteiger charge is 2.20. The molecule has 0 atom stereocenters. The third kappa shape index (κ3) is 3.31. The van der Waals surface area contributed by atoms with E-state index >= 15 is 0 Å². The molecule has 2 aromatic rings. The van der Waals surface area contributed by atoms with Crippen molar-refractivity contribution in [3.8, 4) is 11.6 Å². The normalized spacial score (nSPS) is 10.1. The molecule has 1 heterocycles. The maximum Gasteiger partial charge on any atom is 0.337 e. The zero-order valence-corrected chi connectivity index (χ0v) is 10.6. The molecule has 1 aromatic carbocycles. The number of benzene rings is 1. The fraction of sp³-hybridized carbons (Fsp3) is 0.0769. The molecule has 0 aliphatic rings. The number of nitro groups is 1. The first kappa shape index (κ1) is 14.4. The van der Waals surface area contributed by atoms with Crippen LogP contribution < -0.4 is 4.74 Å². The van der Waals surface area contributed by atoms with Gasteiger partial charge in [-0.1, -0.05) is 12.1 Å². The molecule has 0 saturated carbocycles. The SMILES string of the molecule is O=C(O)c1cnc(Oc2ccc(CO)cc2)c([N+](=O)[O-])c1. The summed E-state index contributed by atoms with van der Waals surface area (Å²) in [4.78, 5) is 24.6. The molecule has 0 spiro atoms. The predicted molar refractivity (Wildman–Crippen MR) is 70.3 cm³/mol. The van der Waals surface area contributed by atoms with Crippen LogP contribution in [0.2, 0.25) is 0 Å². The fourth-order valence-electron chi connectivity index (χ4n) is 1.54. The summed E-state index contributed by atoms with van der Waals surface area (Å²) in [5.74, 6) is -1.34. The summed E-state index contributed by atoms with van der Waals surface area (Å²) < 4.78 is 5.28. The number of aliphatic hydroxyl groups is 1. The Morgan fingerprint density at radius 1 is 1.33 bits per heavy atom. The van der Waals surface area contributed by atoms with Crippen LogP contribution in [-0.4, -0.2) is 26.1 Å². The van der Waals surface area contributed by atoms with Crippen molar-refractivity contribution in [2.24, 2.45) is 0 Å². The summed E-state index contributed by atoms with van der Waals surface area (Å²) in [6, 6.07) is 7.09. The molecule has 0 fully saturated rings. The summed E-state index contributed by atoms with van der Waals surface area (Å²) in [5.41, 5.74) is -0.183. The van der Waals surface area contributed by atoms with Gasteiger partial charge in [-0.3, -0.25) is 10.1 Å². The number of pyridine rings is 1. The average molecular weight is 290 g/mol. The summed E-state index contributed by atoms with van der Waals surface area (Å²) in [7, 11) is 0. The Balaban J connectivity index is 2.34. The van der Waals surface area contributed by atoms with E-state index in [0.29, 0.717) is 5.56 Å². The second kappa shape index (κ2) is 5.97. The van der Waals surface area contributed by atoms with Gasteiger partial charge in [0.05, 0.1) is 17.1 Å². The van der Waals surface area contributed by atoms with Crippen LogP contribution in [0.1, 0.15) is 15.9 Å². The van der Waals surface area contributed by atoms with Gasteiger partial charge in [0.15, 0.2) is 0 Å². The van der Waals surface area contributed by atoms with Crippen LogP contribution in [0.3, 0.4) is 0 Å². The molecule has 0 saturated heterocycles. The lowest BCUT2D eigenvalue weighted by molar-refractivity contribution is -0.386. The fourth-order valence-corrected chi connectivity index (χ4v) is 1.54. The topological polar surface area (TPSA) is 123 Å². The summed E-state index contributed by atoms with van der Waals surface area (Å²) >= 11 is 0.